The lowest BCUT2D eigenvalue weighted by Crippen LogP contribution is -2.53. The van der Waals surface area contributed by atoms with Crippen LogP contribution in [0.2, 0.25) is 0 Å². The fourth-order valence-electron chi connectivity index (χ4n) is 2.09. The van der Waals surface area contributed by atoms with E-state index in [1.807, 2.05) is 13.0 Å². The van der Waals surface area contributed by atoms with Crippen LogP contribution in [0.25, 0.3) is 0 Å². The minimum absolute atomic E-state index is 0.0790. The molecule has 0 saturated carbocycles. The van der Waals surface area contributed by atoms with Crippen molar-refractivity contribution in [3.05, 3.63) is 23.9 Å². The van der Waals surface area contributed by atoms with E-state index in [0.717, 1.165) is 5.82 Å². The van der Waals surface area contributed by atoms with Crippen molar-refractivity contribution in [3.8, 4) is 6.07 Å². The molecule has 2 heterocycles. The molecule has 1 N–H and O–H groups in total. The summed E-state index contributed by atoms with van der Waals surface area (Å²) in [6.45, 7) is 3.53. The van der Waals surface area contributed by atoms with Gasteiger partial charge < -0.3 is 14.9 Å². The van der Waals surface area contributed by atoms with Crippen molar-refractivity contribution in [1.82, 2.24) is 9.88 Å². The summed E-state index contributed by atoms with van der Waals surface area (Å²) in [6, 6.07) is 5.62. The number of carboxylic acid groups (broad SMARTS) is 1. The van der Waals surface area contributed by atoms with Gasteiger partial charge in [-0.1, -0.05) is 0 Å². The molecule has 1 fully saturated rings. The molecule has 0 aliphatic carbocycles. The van der Waals surface area contributed by atoms with Crippen molar-refractivity contribution < 1.29 is 9.90 Å². The molecule has 0 unspecified atom stereocenters. The van der Waals surface area contributed by atoms with Crippen molar-refractivity contribution >= 4 is 11.9 Å². The predicted molar refractivity (Wildman–Crippen MR) is 65.4 cm³/mol. The van der Waals surface area contributed by atoms with Crippen LogP contribution >= 0.6 is 0 Å². The van der Waals surface area contributed by atoms with Crippen LogP contribution in [0.3, 0.4) is 0 Å². The van der Waals surface area contributed by atoms with Crippen molar-refractivity contribution in [3.63, 3.8) is 0 Å². The Morgan fingerprint density at radius 1 is 1.56 bits per heavy atom. The number of aromatic nitrogens is 1. The molecule has 0 bridgehead atoms. The Kier molecular flexibility index (Phi) is 3.33. The van der Waals surface area contributed by atoms with Gasteiger partial charge in [0.25, 0.3) is 0 Å². The summed E-state index contributed by atoms with van der Waals surface area (Å²) < 4.78 is 0. The number of anilines is 1. The Morgan fingerprint density at radius 3 is 2.83 bits per heavy atom. The van der Waals surface area contributed by atoms with Crippen LogP contribution < -0.4 is 4.90 Å². The molecule has 1 atom stereocenters. The van der Waals surface area contributed by atoms with E-state index in [1.165, 1.54) is 11.1 Å². The van der Waals surface area contributed by atoms with Gasteiger partial charge in [-0.05, 0) is 19.1 Å². The lowest BCUT2D eigenvalue weighted by atomic mass is 10.2. The number of hydrogen-bond acceptors (Lipinski definition) is 4. The zero-order valence-corrected chi connectivity index (χ0v) is 10.1. The standard InChI is InChI=1S/C12H14N4O2/c1-9-8-15(12(17)18)4-5-16(9)11-3-2-10(6-13)7-14-11/h2-3,7,9H,4-5,8H2,1H3,(H,17,18)/t9-/m1/s1. The summed E-state index contributed by atoms with van der Waals surface area (Å²) in [6.07, 6.45) is 0.653. The van der Waals surface area contributed by atoms with Gasteiger partial charge in [0.05, 0.1) is 5.56 Å². The van der Waals surface area contributed by atoms with Crippen LogP contribution in [0.5, 0.6) is 0 Å². The summed E-state index contributed by atoms with van der Waals surface area (Å²) in [5, 5.41) is 17.6. The van der Waals surface area contributed by atoms with Crippen LogP contribution in [0.1, 0.15) is 12.5 Å². The quantitative estimate of drug-likeness (QED) is 0.803. The Balaban J connectivity index is 2.10. The van der Waals surface area contributed by atoms with Gasteiger partial charge in [0.15, 0.2) is 0 Å². The molecule has 1 aliphatic heterocycles. The van der Waals surface area contributed by atoms with Gasteiger partial charge in [0.1, 0.15) is 11.9 Å². The average molecular weight is 246 g/mol. The zero-order valence-electron chi connectivity index (χ0n) is 10.1. The summed E-state index contributed by atoms with van der Waals surface area (Å²) >= 11 is 0. The number of amides is 1. The fourth-order valence-corrected chi connectivity index (χ4v) is 2.09. The molecule has 1 aliphatic rings. The van der Waals surface area contributed by atoms with Gasteiger partial charge in [0.2, 0.25) is 0 Å². The van der Waals surface area contributed by atoms with Gasteiger partial charge in [-0.25, -0.2) is 9.78 Å². The topological polar surface area (TPSA) is 80.5 Å². The summed E-state index contributed by atoms with van der Waals surface area (Å²) in [4.78, 5) is 18.6. The molecule has 18 heavy (non-hydrogen) atoms. The third-order valence-electron chi connectivity index (χ3n) is 3.07. The highest BCUT2D eigenvalue weighted by atomic mass is 16.4. The van der Waals surface area contributed by atoms with Crippen molar-refractivity contribution in [2.24, 2.45) is 0 Å². The Morgan fingerprint density at radius 2 is 2.33 bits per heavy atom. The Hall–Kier alpha value is -2.29. The molecule has 1 amide bonds. The molecule has 6 heteroatoms. The molecular formula is C12H14N4O2. The third-order valence-corrected chi connectivity index (χ3v) is 3.07. The minimum atomic E-state index is -0.880. The number of hydrogen-bond donors (Lipinski definition) is 1. The zero-order chi connectivity index (χ0) is 13.1. The molecule has 94 valence electrons. The van der Waals surface area contributed by atoms with Crippen molar-refractivity contribution in [2.75, 3.05) is 24.5 Å². The molecule has 0 aromatic carbocycles. The first-order chi connectivity index (χ1) is 8.61. The van der Waals surface area contributed by atoms with Gasteiger partial charge in [-0.2, -0.15) is 5.26 Å². The van der Waals surface area contributed by atoms with Crippen molar-refractivity contribution in [1.29, 1.82) is 5.26 Å². The summed E-state index contributed by atoms with van der Waals surface area (Å²) in [5.74, 6) is 0.784. The molecule has 1 aromatic heterocycles. The van der Waals surface area contributed by atoms with E-state index in [1.54, 1.807) is 12.1 Å². The monoisotopic (exact) mass is 246 g/mol. The maximum absolute atomic E-state index is 10.9. The first kappa shape index (κ1) is 12.2. The first-order valence-electron chi connectivity index (χ1n) is 5.72. The van der Waals surface area contributed by atoms with Crippen LogP contribution in [0.15, 0.2) is 18.3 Å². The van der Waals surface area contributed by atoms with E-state index < -0.39 is 6.09 Å². The molecule has 2 rings (SSSR count). The maximum Gasteiger partial charge on any atom is 0.407 e. The molecule has 6 nitrogen and oxygen atoms in total. The van der Waals surface area contributed by atoms with E-state index in [-0.39, 0.29) is 6.04 Å². The van der Waals surface area contributed by atoms with Crippen LogP contribution in [0, 0.1) is 11.3 Å². The lowest BCUT2D eigenvalue weighted by molar-refractivity contribution is 0.136. The highest BCUT2D eigenvalue weighted by molar-refractivity contribution is 5.65. The van der Waals surface area contributed by atoms with E-state index in [2.05, 4.69) is 9.88 Å². The molecule has 1 saturated heterocycles. The normalized spacial score (nSPS) is 19.4. The second-order valence-electron chi connectivity index (χ2n) is 4.29. The van der Waals surface area contributed by atoms with Gasteiger partial charge in [0, 0.05) is 31.9 Å². The minimum Gasteiger partial charge on any atom is -0.465 e. The number of piperazine rings is 1. The molecule has 0 spiro atoms. The first-order valence-corrected chi connectivity index (χ1v) is 5.72. The molecule has 0 radical (unpaired) electrons. The van der Waals surface area contributed by atoms with Gasteiger partial charge in [-0.3, -0.25) is 0 Å². The van der Waals surface area contributed by atoms with E-state index in [4.69, 9.17) is 10.4 Å². The fraction of sp³-hybridized carbons (Fsp3) is 0.417. The lowest BCUT2D eigenvalue weighted by Gasteiger charge is -2.39. The highest BCUT2D eigenvalue weighted by Crippen LogP contribution is 2.18. The third kappa shape index (κ3) is 2.35. The maximum atomic E-state index is 10.9. The van der Waals surface area contributed by atoms with E-state index in [0.29, 0.717) is 25.2 Å². The highest BCUT2D eigenvalue weighted by Gasteiger charge is 2.27. The summed E-state index contributed by atoms with van der Waals surface area (Å²) in [5.41, 5.74) is 0.524. The average Bonchev–Trinajstić information content (AvgIpc) is 2.38. The van der Waals surface area contributed by atoms with E-state index in [9.17, 15) is 4.79 Å². The Bertz CT molecular complexity index is 480. The number of carbonyl (C=O) groups is 1. The number of rotatable bonds is 1. The van der Waals surface area contributed by atoms with E-state index >= 15 is 0 Å². The predicted octanol–water partition coefficient (Wildman–Crippen LogP) is 1.14. The van der Waals surface area contributed by atoms with Gasteiger partial charge >= 0.3 is 6.09 Å². The Labute approximate surface area is 105 Å². The number of pyridine rings is 1. The second kappa shape index (κ2) is 4.92. The molecule has 1 aromatic rings. The van der Waals surface area contributed by atoms with Crippen LogP contribution in [-0.2, 0) is 0 Å². The SMILES string of the molecule is C[C@@H]1CN(C(=O)O)CCN1c1ccc(C#N)cn1. The van der Waals surface area contributed by atoms with Crippen LogP contribution in [-0.4, -0.2) is 46.8 Å². The van der Waals surface area contributed by atoms with Crippen LogP contribution in [0.4, 0.5) is 10.6 Å². The summed E-state index contributed by atoms with van der Waals surface area (Å²) in [7, 11) is 0. The smallest absolute Gasteiger partial charge is 0.407 e. The van der Waals surface area contributed by atoms with Crippen molar-refractivity contribution in [2.45, 2.75) is 13.0 Å². The molecular weight excluding hydrogens is 232 g/mol. The number of nitriles is 1. The largest absolute Gasteiger partial charge is 0.465 e. The second-order valence-corrected chi connectivity index (χ2v) is 4.29. The van der Waals surface area contributed by atoms with Gasteiger partial charge in [-0.15, -0.1) is 0 Å². The number of nitrogens with zero attached hydrogens (tertiary/aromatic N) is 4.